The molecule has 3 atom stereocenters. The summed E-state index contributed by atoms with van der Waals surface area (Å²) in [5, 5.41) is 30.8. The van der Waals surface area contributed by atoms with Crippen molar-refractivity contribution >= 4 is 5.91 Å². The molecule has 0 saturated carbocycles. The predicted octanol–water partition coefficient (Wildman–Crippen LogP) is 0.176. The van der Waals surface area contributed by atoms with Crippen molar-refractivity contribution in [3.63, 3.8) is 0 Å². The maximum atomic E-state index is 11.5. The molecule has 0 aromatic rings. The molecule has 5 nitrogen and oxygen atoms in total. The van der Waals surface area contributed by atoms with Gasteiger partial charge in [-0.3, -0.25) is 4.79 Å². The molecule has 0 unspecified atom stereocenters. The zero-order chi connectivity index (χ0) is 13.3. The molecule has 17 heavy (non-hydrogen) atoms. The van der Waals surface area contributed by atoms with Gasteiger partial charge in [0.25, 0.3) is 0 Å². The van der Waals surface area contributed by atoms with Gasteiger partial charge in [-0.2, -0.15) is 0 Å². The van der Waals surface area contributed by atoms with E-state index in [1.807, 2.05) is 13.8 Å². The van der Waals surface area contributed by atoms with E-state index in [0.717, 1.165) is 12.8 Å². The summed E-state index contributed by atoms with van der Waals surface area (Å²) in [6, 6.07) is -0.694. The van der Waals surface area contributed by atoms with Crippen molar-refractivity contribution in [2.24, 2.45) is 0 Å². The zero-order valence-electron chi connectivity index (χ0n) is 10.7. The van der Waals surface area contributed by atoms with Crippen LogP contribution in [-0.2, 0) is 4.79 Å². The third kappa shape index (κ3) is 6.61. The van der Waals surface area contributed by atoms with E-state index >= 15 is 0 Å². The van der Waals surface area contributed by atoms with E-state index in [4.69, 9.17) is 5.11 Å². The van der Waals surface area contributed by atoms with Crippen molar-refractivity contribution in [1.29, 1.82) is 0 Å². The van der Waals surface area contributed by atoms with Crippen LogP contribution in [0.1, 0.15) is 46.0 Å². The van der Waals surface area contributed by atoms with E-state index < -0.39 is 24.2 Å². The summed E-state index contributed by atoms with van der Waals surface area (Å²) in [5.41, 5.74) is 0. The average Bonchev–Trinajstić information content (AvgIpc) is 2.32. The Labute approximate surface area is 103 Å². The number of aliphatic hydroxyl groups excluding tert-OH is 3. The Balaban J connectivity index is 4.14. The molecule has 0 aromatic heterocycles. The minimum absolute atomic E-state index is 0.324. The fourth-order valence-electron chi connectivity index (χ4n) is 1.56. The van der Waals surface area contributed by atoms with E-state index in [9.17, 15) is 15.0 Å². The van der Waals surface area contributed by atoms with E-state index in [1.54, 1.807) is 0 Å². The number of rotatable bonds is 9. The number of hydrogen-bond donors (Lipinski definition) is 4. The van der Waals surface area contributed by atoms with Gasteiger partial charge in [-0.05, 0) is 12.8 Å². The highest BCUT2D eigenvalue weighted by molar-refractivity contribution is 5.80. The summed E-state index contributed by atoms with van der Waals surface area (Å²) in [6.45, 7) is 3.55. The molecule has 0 aromatic carbocycles. The van der Waals surface area contributed by atoms with Gasteiger partial charge >= 0.3 is 0 Å². The van der Waals surface area contributed by atoms with Crippen molar-refractivity contribution in [2.75, 3.05) is 6.61 Å². The Morgan fingerprint density at radius 1 is 1.18 bits per heavy atom. The highest BCUT2D eigenvalue weighted by atomic mass is 16.3. The fraction of sp³-hybridized carbons (Fsp3) is 0.917. The molecule has 0 radical (unpaired) electrons. The molecule has 0 heterocycles. The molecule has 0 bridgehead atoms. The van der Waals surface area contributed by atoms with E-state index in [1.165, 1.54) is 0 Å². The molecule has 0 aliphatic rings. The van der Waals surface area contributed by atoms with Crippen LogP contribution in [0, 0.1) is 0 Å². The van der Waals surface area contributed by atoms with E-state index in [2.05, 4.69) is 5.32 Å². The second-order valence-electron chi connectivity index (χ2n) is 4.31. The topological polar surface area (TPSA) is 89.8 Å². The highest BCUT2D eigenvalue weighted by Gasteiger charge is 2.23. The number of hydrogen-bond acceptors (Lipinski definition) is 4. The van der Waals surface area contributed by atoms with Crippen molar-refractivity contribution in [3.05, 3.63) is 0 Å². The number of unbranched alkanes of at least 4 members (excludes halogenated alkanes) is 1. The number of amides is 1. The Morgan fingerprint density at radius 2 is 1.82 bits per heavy atom. The van der Waals surface area contributed by atoms with Crippen molar-refractivity contribution < 1.29 is 20.1 Å². The summed E-state index contributed by atoms with van der Waals surface area (Å²) in [5.74, 6) is -0.526. The van der Waals surface area contributed by atoms with Crippen molar-refractivity contribution in [3.8, 4) is 0 Å². The monoisotopic (exact) mass is 247 g/mol. The summed E-state index contributed by atoms with van der Waals surface area (Å²) in [6.07, 6.45) is 1.58. The standard InChI is InChI=1S/C12H25NO4/c1-3-5-7-10(15)9(8-14)13-12(17)11(16)6-4-2/h9-11,14-16H,3-8H2,1-2H3,(H,13,17)/t9-,10+,11-/m0/s1. The number of carbonyl (C=O) groups excluding carboxylic acids is 1. The van der Waals surface area contributed by atoms with Gasteiger partial charge in [-0.25, -0.2) is 0 Å². The smallest absolute Gasteiger partial charge is 0.249 e. The maximum Gasteiger partial charge on any atom is 0.249 e. The fourth-order valence-corrected chi connectivity index (χ4v) is 1.56. The van der Waals surface area contributed by atoms with Crippen LogP contribution >= 0.6 is 0 Å². The van der Waals surface area contributed by atoms with Gasteiger partial charge in [-0.15, -0.1) is 0 Å². The van der Waals surface area contributed by atoms with Crippen molar-refractivity contribution in [1.82, 2.24) is 5.32 Å². The van der Waals surface area contributed by atoms with Crippen LogP contribution in [0.4, 0.5) is 0 Å². The van der Waals surface area contributed by atoms with Crippen LogP contribution in [-0.4, -0.2) is 46.1 Å². The highest BCUT2D eigenvalue weighted by Crippen LogP contribution is 2.06. The Kier molecular flexibility index (Phi) is 9.03. The first-order valence-electron chi connectivity index (χ1n) is 6.34. The van der Waals surface area contributed by atoms with Crippen LogP contribution in [0.15, 0.2) is 0 Å². The lowest BCUT2D eigenvalue weighted by atomic mass is 10.0. The van der Waals surface area contributed by atoms with Crippen LogP contribution in [0.3, 0.4) is 0 Å². The lowest BCUT2D eigenvalue weighted by Gasteiger charge is -2.23. The molecule has 0 fully saturated rings. The lowest BCUT2D eigenvalue weighted by Crippen LogP contribution is -2.49. The van der Waals surface area contributed by atoms with E-state index in [0.29, 0.717) is 19.3 Å². The second kappa shape index (κ2) is 9.39. The normalized spacial score (nSPS) is 16.3. The second-order valence-corrected chi connectivity index (χ2v) is 4.31. The van der Waals surface area contributed by atoms with Gasteiger partial charge in [0, 0.05) is 0 Å². The summed E-state index contributed by atoms with van der Waals surface area (Å²) in [7, 11) is 0. The van der Waals surface area contributed by atoms with Gasteiger partial charge in [0.05, 0.1) is 18.8 Å². The van der Waals surface area contributed by atoms with Gasteiger partial charge in [0.15, 0.2) is 0 Å². The summed E-state index contributed by atoms with van der Waals surface area (Å²) >= 11 is 0. The first kappa shape index (κ1) is 16.4. The maximum absolute atomic E-state index is 11.5. The quantitative estimate of drug-likeness (QED) is 0.468. The molecule has 0 spiro atoms. The Bertz CT molecular complexity index is 211. The zero-order valence-corrected chi connectivity index (χ0v) is 10.7. The van der Waals surface area contributed by atoms with Crippen LogP contribution in [0.2, 0.25) is 0 Å². The van der Waals surface area contributed by atoms with Gasteiger partial charge < -0.3 is 20.6 Å². The molecule has 102 valence electrons. The molecular formula is C12H25NO4. The lowest BCUT2D eigenvalue weighted by molar-refractivity contribution is -0.131. The Morgan fingerprint density at radius 3 is 2.29 bits per heavy atom. The molecular weight excluding hydrogens is 222 g/mol. The molecule has 0 aliphatic carbocycles. The first-order valence-corrected chi connectivity index (χ1v) is 6.34. The molecule has 1 amide bonds. The molecule has 0 aliphatic heterocycles. The van der Waals surface area contributed by atoms with Gasteiger partial charge in [-0.1, -0.05) is 33.1 Å². The minimum atomic E-state index is -1.06. The number of carbonyl (C=O) groups is 1. The molecule has 4 N–H and O–H groups in total. The van der Waals surface area contributed by atoms with E-state index in [-0.39, 0.29) is 6.61 Å². The first-order chi connectivity index (χ1) is 8.06. The molecule has 0 saturated heterocycles. The third-order valence-corrected chi connectivity index (χ3v) is 2.71. The van der Waals surface area contributed by atoms with Gasteiger partial charge in [0.2, 0.25) is 5.91 Å². The van der Waals surface area contributed by atoms with Crippen LogP contribution < -0.4 is 5.32 Å². The molecule has 0 rings (SSSR count). The third-order valence-electron chi connectivity index (χ3n) is 2.71. The summed E-state index contributed by atoms with van der Waals surface area (Å²) in [4.78, 5) is 11.5. The predicted molar refractivity (Wildman–Crippen MR) is 65.5 cm³/mol. The SMILES string of the molecule is CCCC[C@@H](O)[C@H](CO)NC(=O)[C@@H](O)CCC. The van der Waals surface area contributed by atoms with Crippen LogP contribution in [0.5, 0.6) is 0 Å². The van der Waals surface area contributed by atoms with Gasteiger partial charge in [0.1, 0.15) is 6.10 Å². The number of nitrogens with one attached hydrogen (secondary N) is 1. The number of aliphatic hydroxyl groups is 3. The average molecular weight is 247 g/mol. The van der Waals surface area contributed by atoms with Crippen molar-refractivity contribution in [2.45, 2.75) is 64.2 Å². The largest absolute Gasteiger partial charge is 0.394 e. The summed E-state index contributed by atoms with van der Waals surface area (Å²) < 4.78 is 0. The minimum Gasteiger partial charge on any atom is -0.394 e. The molecule has 5 heteroatoms. The Hall–Kier alpha value is -0.650. The van der Waals surface area contributed by atoms with Crippen LogP contribution in [0.25, 0.3) is 0 Å².